The van der Waals surface area contributed by atoms with Crippen LogP contribution in [0, 0.1) is 30.3 Å². The van der Waals surface area contributed by atoms with Crippen molar-refractivity contribution in [3.63, 3.8) is 0 Å². The second-order valence-electron chi connectivity index (χ2n) is 2.60. The van der Waals surface area contributed by atoms with E-state index in [1.165, 1.54) is 0 Å². The van der Waals surface area contributed by atoms with Gasteiger partial charge < -0.3 is 5.11 Å². The Balaban J connectivity index is 0.00000256. The van der Waals surface area contributed by atoms with Gasteiger partial charge in [-0.2, -0.15) is 0 Å². The summed E-state index contributed by atoms with van der Waals surface area (Å²) in [5.74, 6) is -1.21. The number of benzene rings is 1. The van der Waals surface area contributed by atoms with Crippen molar-refractivity contribution in [2.24, 2.45) is 0 Å². The molecule has 0 saturated carbocycles. The molecule has 1 aromatic rings. The first-order valence-electron chi connectivity index (χ1n) is 3.64. The predicted molar refractivity (Wildman–Crippen MR) is 58.4 cm³/mol. The highest BCUT2D eigenvalue weighted by molar-refractivity contribution is 8.93. The molecule has 0 aliphatic carbocycles. The van der Waals surface area contributed by atoms with Crippen molar-refractivity contribution < 1.29 is 19.9 Å². The minimum absolute atomic E-state index is 0. The molecule has 0 radical (unpaired) electrons. The van der Waals surface area contributed by atoms with Gasteiger partial charge in [-0.1, -0.05) is 0 Å². The lowest BCUT2D eigenvalue weighted by Crippen LogP contribution is -1.97. The number of non-ortho nitro benzene ring substituents is 1. The summed E-state index contributed by atoms with van der Waals surface area (Å²) >= 11 is 0. The van der Waals surface area contributed by atoms with Crippen LogP contribution in [0.25, 0.3) is 0 Å². The number of aromatic hydroxyl groups is 1. The van der Waals surface area contributed by atoms with Crippen molar-refractivity contribution in [1.82, 2.24) is 0 Å². The van der Waals surface area contributed by atoms with Gasteiger partial charge in [0, 0.05) is 0 Å². The molecule has 0 spiro atoms. The van der Waals surface area contributed by atoms with Crippen LogP contribution in [0.5, 0.6) is 5.75 Å². The molecule has 0 bridgehead atoms. The Labute approximate surface area is 103 Å². The molecule has 1 aromatic carbocycles. The Bertz CT molecular complexity index is 467. The number of hydrogen-bond donors (Lipinski definition) is 1. The van der Waals surface area contributed by atoms with Crippen molar-refractivity contribution in [1.29, 1.82) is 0 Å². The van der Waals surface area contributed by atoms with Crippen LogP contribution >= 0.6 is 17.0 Å². The molecule has 0 atom stereocenters. The summed E-state index contributed by atoms with van der Waals surface area (Å²) in [4.78, 5) is 27.8. The van der Waals surface area contributed by atoms with Crippen LogP contribution in [-0.4, -0.2) is 19.9 Å². The number of halogens is 1. The van der Waals surface area contributed by atoms with E-state index in [2.05, 4.69) is 0 Å². The van der Waals surface area contributed by atoms with Crippen LogP contribution in [0.4, 0.5) is 17.1 Å². The first kappa shape index (κ1) is 14.7. The molecule has 0 heterocycles. The molecular formula is C6H4BrN3O7. The van der Waals surface area contributed by atoms with E-state index in [1.807, 2.05) is 0 Å². The average molecular weight is 310 g/mol. The third-order valence-corrected chi connectivity index (χ3v) is 1.66. The predicted octanol–water partition coefficient (Wildman–Crippen LogP) is 1.69. The zero-order chi connectivity index (χ0) is 12.5. The van der Waals surface area contributed by atoms with Crippen LogP contribution in [0.2, 0.25) is 0 Å². The minimum atomic E-state index is -1.21. The Kier molecular flexibility index (Phi) is 4.46. The van der Waals surface area contributed by atoms with Gasteiger partial charge in [0.25, 0.3) is 11.4 Å². The SMILES string of the molecule is Br.O=[N+]([O-])c1cc([N+](=O)[O-])c(O)c([N+](=O)[O-])c1. The third-order valence-electron chi connectivity index (χ3n) is 1.66. The van der Waals surface area contributed by atoms with Crippen LogP contribution in [-0.2, 0) is 0 Å². The molecule has 0 fully saturated rings. The zero-order valence-corrected chi connectivity index (χ0v) is 9.51. The summed E-state index contributed by atoms with van der Waals surface area (Å²) in [6, 6.07) is 0.894. The molecular weight excluding hydrogens is 306 g/mol. The Morgan fingerprint density at radius 1 is 0.882 bits per heavy atom. The van der Waals surface area contributed by atoms with Crippen molar-refractivity contribution >= 4 is 34.0 Å². The number of nitro groups is 3. The molecule has 10 nitrogen and oxygen atoms in total. The van der Waals surface area contributed by atoms with Gasteiger partial charge in [-0.05, 0) is 0 Å². The fraction of sp³-hybridized carbons (Fsp3) is 0. The first-order chi connectivity index (χ1) is 7.34. The minimum Gasteiger partial charge on any atom is -0.497 e. The van der Waals surface area contributed by atoms with Crippen LogP contribution in [0.3, 0.4) is 0 Å². The lowest BCUT2D eigenvalue weighted by atomic mass is 10.2. The van der Waals surface area contributed by atoms with Gasteiger partial charge in [0.2, 0.25) is 0 Å². The summed E-state index contributed by atoms with van der Waals surface area (Å²) in [6.07, 6.45) is 0. The van der Waals surface area contributed by atoms with E-state index in [4.69, 9.17) is 5.11 Å². The van der Waals surface area contributed by atoms with Crippen LogP contribution < -0.4 is 0 Å². The number of phenols is 1. The third kappa shape index (κ3) is 2.84. The van der Waals surface area contributed by atoms with Gasteiger partial charge in [-0.15, -0.1) is 17.0 Å². The van der Waals surface area contributed by atoms with Gasteiger partial charge >= 0.3 is 11.4 Å². The molecule has 0 amide bonds. The molecule has 0 aromatic heterocycles. The molecule has 0 saturated heterocycles. The lowest BCUT2D eigenvalue weighted by Gasteiger charge is -1.97. The largest absolute Gasteiger partial charge is 0.497 e. The van der Waals surface area contributed by atoms with E-state index in [9.17, 15) is 30.3 Å². The number of hydrogen-bond acceptors (Lipinski definition) is 7. The smallest absolute Gasteiger partial charge is 0.324 e. The van der Waals surface area contributed by atoms with E-state index >= 15 is 0 Å². The standard InChI is InChI=1S/C6H3N3O7.BrH/c10-6-4(8(13)14)1-3(7(11)12)2-5(6)9(15)16;/h1-2,10H;1H. The molecule has 1 rings (SSSR count). The van der Waals surface area contributed by atoms with E-state index in [-0.39, 0.29) is 17.0 Å². The second-order valence-corrected chi connectivity index (χ2v) is 2.60. The highest BCUT2D eigenvalue weighted by atomic mass is 79.9. The van der Waals surface area contributed by atoms with Crippen molar-refractivity contribution in [3.8, 4) is 5.75 Å². The topological polar surface area (TPSA) is 150 Å². The summed E-state index contributed by atoms with van der Waals surface area (Å²) in [6.45, 7) is 0. The monoisotopic (exact) mass is 309 g/mol. The Morgan fingerprint density at radius 2 is 1.24 bits per heavy atom. The summed E-state index contributed by atoms with van der Waals surface area (Å²) in [5.41, 5.74) is -3.00. The number of nitro benzene ring substituents is 3. The van der Waals surface area contributed by atoms with Gasteiger partial charge in [0.05, 0.1) is 26.9 Å². The van der Waals surface area contributed by atoms with E-state index in [0.717, 1.165) is 0 Å². The van der Waals surface area contributed by atoms with Crippen molar-refractivity contribution in [2.75, 3.05) is 0 Å². The molecule has 17 heavy (non-hydrogen) atoms. The number of phenolic OH excluding ortho intramolecular Hbond substituents is 1. The van der Waals surface area contributed by atoms with Gasteiger partial charge in [0.15, 0.2) is 0 Å². The fourth-order valence-electron chi connectivity index (χ4n) is 0.974. The van der Waals surface area contributed by atoms with Gasteiger partial charge in [-0.25, -0.2) is 0 Å². The maximum absolute atomic E-state index is 10.4. The Hall–Kier alpha value is -2.30. The quantitative estimate of drug-likeness (QED) is 0.659. The van der Waals surface area contributed by atoms with E-state index in [1.54, 1.807) is 0 Å². The normalized spacial score (nSPS) is 9.18. The summed E-state index contributed by atoms with van der Waals surface area (Å²) < 4.78 is 0. The Morgan fingerprint density at radius 3 is 1.47 bits per heavy atom. The highest BCUT2D eigenvalue weighted by Gasteiger charge is 2.29. The van der Waals surface area contributed by atoms with Gasteiger partial charge in [0.1, 0.15) is 0 Å². The van der Waals surface area contributed by atoms with Gasteiger partial charge in [-0.3, -0.25) is 30.3 Å². The molecule has 92 valence electrons. The molecule has 1 N–H and O–H groups in total. The number of nitrogens with zero attached hydrogens (tertiary/aromatic N) is 3. The van der Waals surface area contributed by atoms with Crippen molar-refractivity contribution in [2.45, 2.75) is 0 Å². The second kappa shape index (κ2) is 5.16. The molecule has 11 heteroatoms. The first-order valence-corrected chi connectivity index (χ1v) is 3.64. The molecule has 0 unspecified atom stereocenters. The van der Waals surface area contributed by atoms with Crippen LogP contribution in [0.1, 0.15) is 0 Å². The average Bonchev–Trinajstić information content (AvgIpc) is 2.16. The fourth-order valence-corrected chi connectivity index (χ4v) is 0.974. The highest BCUT2D eigenvalue weighted by Crippen LogP contribution is 2.38. The van der Waals surface area contributed by atoms with E-state index < -0.39 is 37.6 Å². The lowest BCUT2D eigenvalue weighted by molar-refractivity contribution is -0.404. The van der Waals surface area contributed by atoms with E-state index in [0.29, 0.717) is 12.1 Å². The molecule has 0 aliphatic rings. The van der Waals surface area contributed by atoms with Crippen molar-refractivity contribution in [3.05, 3.63) is 42.5 Å². The zero-order valence-electron chi connectivity index (χ0n) is 7.80. The number of rotatable bonds is 3. The molecule has 0 aliphatic heterocycles. The summed E-state index contributed by atoms with van der Waals surface area (Å²) in [7, 11) is 0. The maximum atomic E-state index is 10.4. The summed E-state index contributed by atoms with van der Waals surface area (Å²) in [5, 5.41) is 40.2. The van der Waals surface area contributed by atoms with Crippen LogP contribution in [0.15, 0.2) is 12.1 Å². The maximum Gasteiger partial charge on any atom is 0.324 e.